The standard InChI is InChI=1S/C17H17N5O3S2/c1-9-7-19-8-10(2)13(9)14(23)15-16(18)21-17(26-15)20-11-3-5-12(6-4-11)22-27(24)25/h3-8,22H,18H2,1-2H3,(H,20,21)(H,24,25)/p-1. The first-order valence-electron chi connectivity index (χ1n) is 7.80. The third-order valence-corrected chi connectivity index (χ3v) is 5.14. The Kier molecular flexibility index (Phi) is 5.49. The van der Waals surface area contributed by atoms with Gasteiger partial charge in [0.2, 0.25) is 5.78 Å². The van der Waals surface area contributed by atoms with Gasteiger partial charge in [0.15, 0.2) is 5.13 Å². The molecule has 0 aliphatic carbocycles. The summed E-state index contributed by atoms with van der Waals surface area (Å²) in [6.07, 6.45) is 3.28. The average Bonchev–Trinajstić information content (AvgIpc) is 2.96. The van der Waals surface area contributed by atoms with E-state index >= 15 is 0 Å². The number of rotatable bonds is 6. The Morgan fingerprint density at radius 3 is 2.33 bits per heavy atom. The molecule has 8 nitrogen and oxygen atoms in total. The highest BCUT2D eigenvalue weighted by molar-refractivity contribution is 7.80. The molecule has 0 aliphatic rings. The Morgan fingerprint density at radius 1 is 1.15 bits per heavy atom. The second-order valence-corrected chi connectivity index (χ2v) is 7.42. The first kappa shape index (κ1) is 19.0. The molecule has 0 amide bonds. The van der Waals surface area contributed by atoms with Crippen LogP contribution in [0, 0.1) is 13.8 Å². The minimum Gasteiger partial charge on any atom is -0.755 e. The number of carbonyl (C=O) groups excluding carboxylic acids is 1. The topological polar surface area (TPSA) is 133 Å². The number of nitrogen functional groups attached to an aromatic ring is 1. The Bertz CT molecular complexity index is 998. The summed E-state index contributed by atoms with van der Waals surface area (Å²) in [5, 5.41) is 3.53. The lowest BCUT2D eigenvalue weighted by molar-refractivity contribution is 0.104. The maximum atomic E-state index is 12.9. The molecule has 1 atom stereocenters. The van der Waals surface area contributed by atoms with Crippen LogP contribution in [0.3, 0.4) is 0 Å². The van der Waals surface area contributed by atoms with Gasteiger partial charge in [0.05, 0.1) is 0 Å². The number of nitrogens with two attached hydrogens (primary N) is 1. The van der Waals surface area contributed by atoms with E-state index in [4.69, 9.17) is 5.73 Å². The third kappa shape index (κ3) is 4.30. The van der Waals surface area contributed by atoms with Gasteiger partial charge in [0, 0.05) is 40.6 Å². The number of anilines is 4. The van der Waals surface area contributed by atoms with Crippen molar-refractivity contribution < 1.29 is 13.6 Å². The van der Waals surface area contributed by atoms with Gasteiger partial charge in [-0.1, -0.05) is 11.3 Å². The van der Waals surface area contributed by atoms with Crippen LogP contribution in [-0.4, -0.2) is 24.5 Å². The lowest BCUT2D eigenvalue weighted by Crippen LogP contribution is -2.07. The fraction of sp³-hybridized carbons (Fsp3) is 0.118. The molecule has 0 spiro atoms. The molecule has 2 heterocycles. The molecule has 1 unspecified atom stereocenters. The van der Waals surface area contributed by atoms with E-state index in [1.807, 2.05) is 13.8 Å². The van der Waals surface area contributed by atoms with Crippen molar-refractivity contribution in [3.05, 3.63) is 58.2 Å². The number of aromatic nitrogens is 2. The van der Waals surface area contributed by atoms with E-state index in [9.17, 15) is 13.6 Å². The highest BCUT2D eigenvalue weighted by Gasteiger charge is 2.21. The number of aryl methyl sites for hydroxylation is 2. The number of benzene rings is 1. The molecule has 3 rings (SSSR count). The van der Waals surface area contributed by atoms with E-state index in [1.54, 1.807) is 36.7 Å². The molecule has 0 radical (unpaired) electrons. The van der Waals surface area contributed by atoms with Gasteiger partial charge in [-0.05, 0) is 49.2 Å². The second kappa shape index (κ2) is 7.82. The molecule has 1 aromatic carbocycles. The van der Waals surface area contributed by atoms with Gasteiger partial charge < -0.3 is 20.3 Å². The molecular formula is C17H16N5O3S2-. The third-order valence-electron chi connectivity index (χ3n) is 3.75. The average molecular weight is 402 g/mol. The summed E-state index contributed by atoms with van der Waals surface area (Å²) < 4.78 is 23.5. The molecule has 4 N–H and O–H groups in total. The monoisotopic (exact) mass is 402 g/mol. The molecule has 10 heteroatoms. The zero-order valence-corrected chi connectivity index (χ0v) is 16.1. The molecule has 0 fully saturated rings. The number of thiazole rings is 1. The van der Waals surface area contributed by atoms with E-state index in [0.717, 1.165) is 22.5 Å². The normalized spacial score (nSPS) is 11.8. The van der Waals surface area contributed by atoms with Crippen LogP contribution in [0.25, 0.3) is 0 Å². The zero-order valence-electron chi connectivity index (χ0n) is 14.5. The fourth-order valence-corrected chi connectivity index (χ4v) is 3.74. The summed E-state index contributed by atoms with van der Waals surface area (Å²) >= 11 is -1.22. The van der Waals surface area contributed by atoms with Crippen molar-refractivity contribution in [2.24, 2.45) is 0 Å². The molecule has 0 saturated carbocycles. The second-order valence-electron chi connectivity index (χ2n) is 5.75. The van der Waals surface area contributed by atoms with Crippen molar-refractivity contribution in [3.63, 3.8) is 0 Å². The van der Waals surface area contributed by atoms with Crippen LogP contribution in [-0.2, 0) is 11.3 Å². The Labute approximate surface area is 162 Å². The molecule has 2 aromatic heterocycles. The zero-order chi connectivity index (χ0) is 19.6. The van der Waals surface area contributed by atoms with E-state index in [2.05, 4.69) is 20.0 Å². The van der Waals surface area contributed by atoms with Crippen molar-refractivity contribution in [3.8, 4) is 0 Å². The summed E-state index contributed by atoms with van der Waals surface area (Å²) in [7, 11) is 0. The SMILES string of the molecule is Cc1cncc(C)c1C(=O)c1sc(Nc2ccc(NS(=O)[O-])cc2)nc1N. The molecule has 0 saturated heterocycles. The van der Waals surface area contributed by atoms with Gasteiger partial charge in [-0.25, -0.2) is 4.98 Å². The number of nitrogens with zero attached hydrogens (tertiary/aromatic N) is 2. The van der Waals surface area contributed by atoms with Gasteiger partial charge in [0.1, 0.15) is 10.7 Å². The van der Waals surface area contributed by atoms with Crippen LogP contribution in [0.15, 0.2) is 36.7 Å². The van der Waals surface area contributed by atoms with Crippen LogP contribution in [0.1, 0.15) is 26.4 Å². The molecule has 0 bridgehead atoms. The van der Waals surface area contributed by atoms with E-state index in [0.29, 0.717) is 26.9 Å². The number of nitrogens with one attached hydrogen (secondary N) is 2. The maximum Gasteiger partial charge on any atom is 0.207 e. The van der Waals surface area contributed by atoms with Crippen LogP contribution in [0.5, 0.6) is 0 Å². The van der Waals surface area contributed by atoms with Gasteiger partial charge in [-0.2, -0.15) is 0 Å². The van der Waals surface area contributed by atoms with Crippen LogP contribution < -0.4 is 15.8 Å². The molecule has 3 aromatic rings. The van der Waals surface area contributed by atoms with E-state index in [-0.39, 0.29) is 11.6 Å². The quantitative estimate of drug-likeness (QED) is 0.426. The fourth-order valence-electron chi connectivity index (χ4n) is 2.56. The van der Waals surface area contributed by atoms with Crippen molar-refractivity contribution in [1.29, 1.82) is 0 Å². The van der Waals surface area contributed by atoms with Gasteiger partial charge in [-0.3, -0.25) is 14.0 Å². The van der Waals surface area contributed by atoms with Crippen molar-refractivity contribution in [2.45, 2.75) is 13.8 Å². The first-order valence-corrected chi connectivity index (χ1v) is 9.69. The van der Waals surface area contributed by atoms with Gasteiger partial charge in [0.25, 0.3) is 0 Å². The summed E-state index contributed by atoms with van der Waals surface area (Å²) in [6.45, 7) is 3.66. The Hall–Kier alpha value is -2.82. The first-order chi connectivity index (χ1) is 12.8. The lowest BCUT2D eigenvalue weighted by Gasteiger charge is -2.09. The van der Waals surface area contributed by atoms with E-state index in [1.165, 1.54) is 0 Å². The molecular weight excluding hydrogens is 386 g/mol. The van der Waals surface area contributed by atoms with Crippen molar-refractivity contribution in [2.75, 3.05) is 15.8 Å². The Morgan fingerprint density at radius 2 is 1.74 bits per heavy atom. The lowest BCUT2D eigenvalue weighted by atomic mass is 10.0. The number of hydrogen-bond acceptors (Lipinski definition) is 8. The molecule has 140 valence electrons. The minimum absolute atomic E-state index is 0.156. The number of ketones is 1. The summed E-state index contributed by atoms with van der Waals surface area (Å²) in [5.41, 5.74) is 9.21. The highest BCUT2D eigenvalue weighted by atomic mass is 32.2. The van der Waals surface area contributed by atoms with Crippen molar-refractivity contribution in [1.82, 2.24) is 9.97 Å². The summed E-state index contributed by atoms with van der Waals surface area (Å²) in [5.74, 6) is -0.0314. The highest BCUT2D eigenvalue weighted by Crippen LogP contribution is 2.31. The summed E-state index contributed by atoms with van der Waals surface area (Å²) in [4.78, 5) is 21.5. The van der Waals surface area contributed by atoms with Crippen LogP contribution in [0.2, 0.25) is 0 Å². The predicted molar refractivity (Wildman–Crippen MR) is 106 cm³/mol. The van der Waals surface area contributed by atoms with Gasteiger partial charge in [-0.15, -0.1) is 0 Å². The van der Waals surface area contributed by atoms with Gasteiger partial charge >= 0.3 is 0 Å². The molecule has 27 heavy (non-hydrogen) atoms. The van der Waals surface area contributed by atoms with Crippen molar-refractivity contribution >= 4 is 50.7 Å². The van der Waals surface area contributed by atoms with Crippen LogP contribution in [0.4, 0.5) is 22.3 Å². The van der Waals surface area contributed by atoms with E-state index < -0.39 is 11.3 Å². The number of pyridine rings is 1. The molecule has 0 aliphatic heterocycles. The predicted octanol–water partition coefficient (Wildman–Crippen LogP) is 2.92. The largest absolute Gasteiger partial charge is 0.755 e. The smallest absolute Gasteiger partial charge is 0.207 e. The minimum atomic E-state index is -2.38. The number of carbonyl (C=O) groups is 1. The van der Waals surface area contributed by atoms with Crippen LogP contribution >= 0.6 is 11.3 Å². The summed E-state index contributed by atoms with van der Waals surface area (Å²) in [6, 6.07) is 6.58. The maximum absolute atomic E-state index is 12.9. The number of hydrogen-bond donors (Lipinski definition) is 3. The Balaban J connectivity index is 1.82.